The standard InChI is InChI=1S/C14H19N5O2/c1-9-10(2)18-19-12(11(9)7-15)17-8-14(13(16)20)3-5-21-6-4-14/h3-6,8H2,1-2H3,(H2,16,20)(H,17,19). The number of hydrogen-bond acceptors (Lipinski definition) is 6. The van der Waals surface area contributed by atoms with E-state index in [1.165, 1.54) is 0 Å². The highest BCUT2D eigenvalue weighted by Gasteiger charge is 2.38. The van der Waals surface area contributed by atoms with Crippen molar-refractivity contribution in [3.8, 4) is 6.07 Å². The van der Waals surface area contributed by atoms with Crippen molar-refractivity contribution in [1.82, 2.24) is 10.2 Å². The quantitative estimate of drug-likeness (QED) is 0.841. The van der Waals surface area contributed by atoms with E-state index in [9.17, 15) is 10.1 Å². The smallest absolute Gasteiger partial charge is 0.225 e. The number of carbonyl (C=O) groups excluding carboxylic acids is 1. The molecule has 1 aliphatic heterocycles. The number of nitrogens with one attached hydrogen (secondary N) is 1. The largest absolute Gasteiger partial charge is 0.381 e. The number of ether oxygens (including phenoxy) is 1. The molecular formula is C14H19N5O2. The minimum atomic E-state index is -0.661. The second-order valence-corrected chi connectivity index (χ2v) is 5.36. The summed E-state index contributed by atoms with van der Waals surface area (Å²) in [5, 5.41) is 20.4. The first kappa shape index (κ1) is 15.2. The predicted octanol–water partition coefficient (Wildman–Crippen LogP) is 0.659. The van der Waals surface area contributed by atoms with Crippen molar-refractivity contribution in [1.29, 1.82) is 5.26 Å². The van der Waals surface area contributed by atoms with Crippen LogP contribution < -0.4 is 11.1 Å². The summed E-state index contributed by atoms with van der Waals surface area (Å²) in [5.41, 5.74) is 6.85. The SMILES string of the molecule is Cc1nnc(NCC2(C(N)=O)CCOCC2)c(C#N)c1C. The Hall–Kier alpha value is -2.20. The lowest BCUT2D eigenvalue weighted by Gasteiger charge is -2.34. The molecule has 7 heteroatoms. The van der Waals surface area contributed by atoms with Gasteiger partial charge >= 0.3 is 0 Å². The van der Waals surface area contributed by atoms with Crippen molar-refractivity contribution >= 4 is 11.7 Å². The van der Waals surface area contributed by atoms with Crippen LogP contribution in [0.25, 0.3) is 0 Å². The van der Waals surface area contributed by atoms with Crippen molar-refractivity contribution in [2.45, 2.75) is 26.7 Å². The maximum Gasteiger partial charge on any atom is 0.225 e. The Bertz CT molecular complexity index is 588. The van der Waals surface area contributed by atoms with E-state index < -0.39 is 5.41 Å². The molecule has 0 saturated carbocycles. The van der Waals surface area contributed by atoms with E-state index in [0.29, 0.717) is 49.7 Å². The van der Waals surface area contributed by atoms with Crippen LogP contribution in [0.3, 0.4) is 0 Å². The van der Waals surface area contributed by atoms with E-state index in [2.05, 4.69) is 21.6 Å². The molecule has 0 atom stereocenters. The fourth-order valence-corrected chi connectivity index (χ4v) is 2.39. The summed E-state index contributed by atoms with van der Waals surface area (Å²) >= 11 is 0. The summed E-state index contributed by atoms with van der Waals surface area (Å²) in [6.45, 7) is 4.97. The molecule has 2 heterocycles. The Morgan fingerprint density at radius 1 is 1.43 bits per heavy atom. The summed E-state index contributed by atoms with van der Waals surface area (Å²) in [6, 6.07) is 2.13. The van der Waals surface area contributed by atoms with E-state index in [1.54, 1.807) is 6.92 Å². The number of anilines is 1. The topological polar surface area (TPSA) is 114 Å². The molecule has 1 fully saturated rings. The number of carbonyl (C=O) groups is 1. The van der Waals surface area contributed by atoms with Gasteiger partial charge in [0, 0.05) is 19.8 Å². The van der Waals surface area contributed by atoms with E-state index in [0.717, 1.165) is 5.56 Å². The van der Waals surface area contributed by atoms with Gasteiger partial charge in [-0.3, -0.25) is 4.79 Å². The van der Waals surface area contributed by atoms with Gasteiger partial charge in [-0.1, -0.05) is 0 Å². The van der Waals surface area contributed by atoms with Gasteiger partial charge in [-0.25, -0.2) is 0 Å². The maximum absolute atomic E-state index is 11.8. The van der Waals surface area contributed by atoms with Crippen LogP contribution in [0.5, 0.6) is 0 Å². The molecule has 0 bridgehead atoms. The highest BCUT2D eigenvalue weighted by Crippen LogP contribution is 2.31. The number of primary amides is 1. The highest BCUT2D eigenvalue weighted by molar-refractivity contribution is 5.81. The molecule has 1 saturated heterocycles. The van der Waals surface area contributed by atoms with Crippen LogP contribution in [-0.2, 0) is 9.53 Å². The average Bonchev–Trinajstić information content (AvgIpc) is 2.49. The van der Waals surface area contributed by atoms with Crippen LogP contribution in [0.15, 0.2) is 0 Å². The molecule has 112 valence electrons. The van der Waals surface area contributed by atoms with Crippen LogP contribution in [0, 0.1) is 30.6 Å². The monoisotopic (exact) mass is 289 g/mol. The van der Waals surface area contributed by atoms with Crippen LogP contribution in [0.1, 0.15) is 29.7 Å². The average molecular weight is 289 g/mol. The number of aryl methyl sites for hydroxylation is 1. The molecule has 1 aromatic heterocycles. The number of rotatable bonds is 4. The van der Waals surface area contributed by atoms with Gasteiger partial charge in [-0.05, 0) is 32.3 Å². The van der Waals surface area contributed by atoms with Crippen molar-refractivity contribution in [2.75, 3.05) is 25.1 Å². The van der Waals surface area contributed by atoms with E-state index >= 15 is 0 Å². The molecule has 7 nitrogen and oxygen atoms in total. The zero-order valence-electron chi connectivity index (χ0n) is 12.3. The van der Waals surface area contributed by atoms with Crippen molar-refractivity contribution < 1.29 is 9.53 Å². The molecule has 0 radical (unpaired) electrons. The minimum absolute atomic E-state index is 0.331. The van der Waals surface area contributed by atoms with Crippen molar-refractivity contribution in [3.05, 3.63) is 16.8 Å². The number of nitrogens with zero attached hydrogens (tertiary/aromatic N) is 3. The van der Waals surface area contributed by atoms with Gasteiger partial charge < -0.3 is 15.8 Å². The second-order valence-electron chi connectivity index (χ2n) is 5.36. The van der Waals surface area contributed by atoms with Gasteiger partial charge in [0.05, 0.1) is 11.1 Å². The van der Waals surface area contributed by atoms with Crippen LogP contribution >= 0.6 is 0 Å². The van der Waals surface area contributed by atoms with Crippen LogP contribution in [-0.4, -0.2) is 35.9 Å². The predicted molar refractivity (Wildman–Crippen MR) is 76.4 cm³/mol. The summed E-state index contributed by atoms with van der Waals surface area (Å²) in [6.07, 6.45) is 1.13. The molecule has 1 aliphatic rings. The third-order valence-corrected chi connectivity index (χ3v) is 4.13. The lowest BCUT2D eigenvalue weighted by Crippen LogP contribution is -2.46. The Morgan fingerprint density at radius 2 is 2.10 bits per heavy atom. The molecule has 1 amide bonds. The number of aromatic nitrogens is 2. The fraction of sp³-hybridized carbons (Fsp3) is 0.571. The Balaban J connectivity index is 2.21. The zero-order chi connectivity index (χ0) is 15.5. The normalized spacial score (nSPS) is 17.0. The Labute approximate surface area is 123 Å². The molecule has 1 aromatic rings. The lowest BCUT2D eigenvalue weighted by atomic mass is 9.79. The number of amides is 1. The van der Waals surface area contributed by atoms with Gasteiger partial charge in [0.2, 0.25) is 5.91 Å². The lowest BCUT2D eigenvalue weighted by molar-refractivity contribution is -0.132. The molecule has 2 rings (SSSR count). The Morgan fingerprint density at radius 3 is 2.67 bits per heavy atom. The first-order valence-corrected chi connectivity index (χ1v) is 6.86. The third kappa shape index (κ3) is 2.95. The minimum Gasteiger partial charge on any atom is -0.381 e. The summed E-state index contributed by atoms with van der Waals surface area (Å²) in [7, 11) is 0. The van der Waals surface area contributed by atoms with Gasteiger partial charge in [0.1, 0.15) is 11.6 Å². The van der Waals surface area contributed by atoms with E-state index in [1.807, 2.05) is 6.92 Å². The molecule has 0 unspecified atom stereocenters. The number of nitrogens with two attached hydrogens (primary N) is 1. The highest BCUT2D eigenvalue weighted by atomic mass is 16.5. The van der Waals surface area contributed by atoms with Gasteiger partial charge in [-0.15, -0.1) is 5.10 Å². The van der Waals surface area contributed by atoms with Crippen LogP contribution in [0.2, 0.25) is 0 Å². The second kappa shape index (κ2) is 6.06. The number of hydrogen-bond donors (Lipinski definition) is 2. The van der Waals surface area contributed by atoms with Crippen molar-refractivity contribution in [3.63, 3.8) is 0 Å². The molecule has 0 spiro atoms. The van der Waals surface area contributed by atoms with Gasteiger partial charge in [0.25, 0.3) is 0 Å². The fourth-order valence-electron chi connectivity index (χ4n) is 2.39. The molecular weight excluding hydrogens is 270 g/mol. The molecule has 3 N–H and O–H groups in total. The summed E-state index contributed by atoms with van der Waals surface area (Å²) in [4.78, 5) is 11.8. The van der Waals surface area contributed by atoms with E-state index in [4.69, 9.17) is 10.5 Å². The number of nitriles is 1. The molecule has 0 aromatic carbocycles. The molecule has 0 aliphatic carbocycles. The Kier molecular flexibility index (Phi) is 4.38. The molecule has 21 heavy (non-hydrogen) atoms. The first-order valence-electron chi connectivity index (χ1n) is 6.86. The first-order chi connectivity index (χ1) is 10.00. The van der Waals surface area contributed by atoms with Gasteiger partial charge in [0.15, 0.2) is 5.82 Å². The summed E-state index contributed by atoms with van der Waals surface area (Å²) in [5.74, 6) is 0.0429. The third-order valence-electron chi connectivity index (χ3n) is 4.13. The zero-order valence-corrected chi connectivity index (χ0v) is 12.3. The summed E-state index contributed by atoms with van der Waals surface area (Å²) < 4.78 is 5.29. The van der Waals surface area contributed by atoms with E-state index in [-0.39, 0.29) is 5.91 Å². The van der Waals surface area contributed by atoms with Crippen molar-refractivity contribution in [2.24, 2.45) is 11.1 Å². The maximum atomic E-state index is 11.8. The van der Waals surface area contributed by atoms with Gasteiger partial charge in [-0.2, -0.15) is 10.4 Å². The van der Waals surface area contributed by atoms with Crippen LogP contribution in [0.4, 0.5) is 5.82 Å².